The molecule has 1 aliphatic rings. The monoisotopic (exact) mass is 454 g/mol. The molecule has 0 atom stereocenters. The summed E-state index contributed by atoms with van der Waals surface area (Å²) < 4.78 is 5.70. The number of imide groups is 1. The summed E-state index contributed by atoms with van der Waals surface area (Å²) >= 11 is 0. The summed E-state index contributed by atoms with van der Waals surface area (Å²) in [4.78, 5) is 28.8. The van der Waals surface area contributed by atoms with Gasteiger partial charge in [0.2, 0.25) is 0 Å². The van der Waals surface area contributed by atoms with Gasteiger partial charge in [0.1, 0.15) is 11.4 Å². The van der Waals surface area contributed by atoms with Crippen LogP contribution in [-0.2, 0) is 9.59 Å². The number of nitrogens with one attached hydrogen (secondary N) is 1. The molecule has 2 amide bonds. The van der Waals surface area contributed by atoms with E-state index in [9.17, 15) is 9.59 Å². The Morgan fingerprint density at radius 2 is 1.44 bits per heavy atom. The van der Waals surface area contributed by atoms with Gasteiger partial charge in [-0.1, -0.05) is 43.3 Å². The fourth-order valence-electron chi connectivity index (χ4n) is 4.07. The van der Waals surface area contributed by atoms with Gasteiger partial charge in [0.15, 0.2) is 0 Å². The highest BCUT2D eigenvalue weighted by Gasteiger charge is 2.41. The van der Waals surface area contributed by atoms with Crippen molar-refractivity contribution in [1.82, 2.24) is 0 Å². The fourth-order valence-corrected chi connectivity index (χ4v) is 4.07. The Bertz CT molecular complexity index is 1290. The minimum atomic E-state index is -0.360. The molecule has 0 fully saturated rings. The molecule has 0 aliphatic carbocycles. The summed E-state index contributed by atoms with van der Waals surface area (Å²) in [6, 6.07) is 18.9. The van der Waals surface area contributed by atoms with Crippen molar-refractivity contribution >= 4 is 28.8 Å². The molecule has 0 aromatic heterocycles. The van der Waals surface area contributed by atoms with Crippen LogP contribution in [0.25, 0.3) is 5.57 Å². The summed E-state index contributed by atoms with van der Waals surface area (Å²) in [6.45, 7) is 10.6. The van der Waals surface area contributed by atoms with E-state index in [0.717, 1.165) is 40.1 Å². The van der Waals surface area contributed by atoms with E-state index in [1.807, 2.05) is 88.4 Å². The lowest BCUT2D eigenvalue weighted by molar-refractivity contribution is -0.120. The molecule has 1 heterocycles. The molecule has 174 valence electrons. The number of carbonyl (C=O) groups excluding carboxylic acids is 2. The van der Waals surface area contributed by atoms with Crippen molar-refractivity contribution < 1.29 is 14.3 Å². The second kappa shape index (κ2) is 9.56. The Labute approximate surface area is 201 Å². The lowest BCUT2D eigenvalue weighted by Gasteiger charge is -2.19. The highest BCUT2D eigenvalue weighted by Crippen LogP contribution is 2.36. The van der Waals surface area contributed by atoms with Gasteiger partial charge in [0.25, 0.3) is 11.8 Å². The maximum atomic E-state index is 13.8. The molecule has 0 saturated carbocycles. The van der Waals surface area contributed by atoms with Crippen LogP contribution in [0.5, 0.6) is 5.75 Å². The van der Waals surface area contributed by atoms with Gasteiger partial charge >= 0.3 is 0 Å². The maximum absolute atomic E-state index is 13.8. The van der Waals surface area contributed by atoms with E-state index < -0.39 is 0 Å². The van der Waals surface area contributed by atoms with E-state index in [-0.39, 0.29) is 17.5 Å². The van der Waals surface area contributed by atoms with E-state index in [2.05, 4.69) is 12.2 Å². The molecular weight excluding hydrogens is 424 g/mol. The Hall–Kier alpha value is -3.86. The summed E-state index contributed by atoms with van der Waals surface area (Å²) in [7, 11) is 0. The zero-order chi connectivity index (χ0) is 24.4. The van der Waals surface area contributed by atoms with Gasteiger partial charge < -0.3 is 10.1 Å². The zero-order valence-electron chi connectivity index (χ0n) is 20.4. The third-order valence-electron chi connectivity index (χ3n) is 6.38. The maximum Gasteiger partial charge on any atom is 0.282 e. The number of hydrogen-bond acceptors (Lipinski definition) is 4. The number of ether oxygens (including phenoxy) is 1. The Morgan fingerprint density at radius 3 is 2.12 bits per heavy atom. The minimum Gasteiger partial charge on any atom is -0.494 e. The quantitative estimate of drug-likeness (QED) is 0.438. The van der Waals surface area contributed by atoms with Crippen LogP contribution in [0.3, 0.4) is 0 Å². The topological polar surface area (TPSA) is 58.6 Å². The number of anilines is 2. The number of hydrogen-bond donors (Lipinski definition) is 1. The van der Waals surface area contributed by atoms with Gasteiger partial charge in [-0.25, -0.2) is 4.90 Å². The Morgan fingerprint density at radius 1 is 0.794 bits per heavy atom. The highest BCUT2D eigenvalue weighted by molar-refractivity contribution is 6.46. The number of nitrogens with zero attached hydrogens (tertiary/aromatic N) is 1. The molecule has 0 unspecified atom stereocenters. The Balaban J connectivity index is 1.82. The van der Waals surface area contributed by atoms with Crippen LogP contribution in [0.4, 0.5) is 11.4 Å². The molecule has 0 radical (unpaired) electrons. The van der Waals surface area contributed by atoms with E-state index in [0.29, 0.717) is 23.4 Å². The third kappa shape index (κ3) is 4.21. The molecule has 3 aromatic carbocycles. The van der Waals surface area contributed by atoms with Gasteiger partial charge in [-0.3, -0.25) is 9.59 Å². The second-order valence-electron chi connectivity index (χ2n) is 8.66. The lowest BCUT2D eigenvalue weighted by atomic mass is 10.0. The van der Waals surface area contributed by atoms with Crippen LogP contribution < -0.4 is 15.0 Å². The van der Waals surface area contributed by atoms with Crippen LogP contribution >= 0.6 is 0 Å². The zero-order valence-corrected chi connectivity index (χ0v) is 20.4. The van der Waals surface area contributed by atoms with E-state index in [4.69, 9.17) is 4.74 Å². The van der Waals surface area contributed by atoms with Gasteiger partial charge in [-0.2, -0.15) is 0 Å². The minimum absolute atomic E-state index is 0.279. The molecule has 34 heavy (non-hydrogen) atoms. The number of rotatable bonds is 7. The molecule has 5 nitrogen and oxygen atoms in total. The summed E-state index contributed by atoms with van der Waals surface area (Å²) in [5.74, 6) is 0.0352. The smallest absolute Gasteiger partial charge is 0.282 e. The Kier molecular flexibility index (Phi) is 6.55. The molecule has 3 aromatic rings. The first-order valence-electron chi connectivity index (χ1n) is 11.6. The molecule has 1 aliphatic heterocycles. The van der Waals surface area contributed by atoms with Crippen molar-refractivity contribution in [3.63, 3.8) is 0 Å². The third-order valence-corrected chi connectivity index (χ3v) is 6.38. The summed E-state index contributed by atoms with van der Waals surface area (Å²) in [5, 5.41) is 3.30. The second-order valence-corrected chi connectivity index (χ2v) is 8.66. The summed E-state index contributed by atoms with van der Waals surface area (Å²) in [5.41, 5.74) is 6.77. The predicted molar refractivity (Wildman–Crippen MR) is 137 cm³/mol. The molecule has 0 bridgehead atoms. The first kappa shape index (κ1) is 23.3. The van der Waals surface area contributed by atoms with Crippen molar-refractivity contribution in [1.29, 1.82) is 0 Å². The van der Waals surface area contributed by atoms with Crippen molar-refractivity contribution in [3.8, 4) is 5.75 Å². The van der Waals surface area contributed by atoms with E-state index in [1.54, 1.807) is 0 Å². The van der Waals surface area contributed by atoms with E-state index in [1.165, 1.54) is 4.90 Å². The molecule has 0 spiro atoms. The molecule has 1 N–H and O–H groups in total. The van der Waals surface area contributed by atoms with Crippen molar-refractivity contribution in [2.45, 2.75) is 41.0 Å². The molecule has 4 rings (SSSR count). The van der Waals surface area contributed by atoms with Crippen LogP contribution in [0, 0.1) is 27.7 Å². The van der Waals surface area contributed by atoms with E-state index >= 15 is 0 Å². The van der Waals surface area contributed by atoms with Gasteiger partial charge in [-0.15, -0.1) is 0 Å². The van der Waals surface area contributed by atoms with Crippen LogP contribution in [0.2, 0.25) is 0 Å². The fraction of sp³-hybridized carbons (Fsp3) is 0.241. The first-order valence-corrected chi connectivity index (χ1v) is 11.6. The van der Waals surface area contributed by atoms with Crippen molar-refractivity contribution in [2.24, 2.45) is 0 Å². The highest BCUT2D eigenvalue weighted by atomic mass is 16.5. The molecule has 0 saturated heterocycles. The number of carbonyl (C=O) groups is 2. The van der Waals surface area contributed by atoms with Gasteiger partial charge in [0, 0.05) is 5.69 Å². The average molecular weight is 455 g/mol. The molecular formula is C29H30N2O3. The standard InChI is InChI=1S/C29H30N2O3/c1-6-17-34-23-15-13-22(14-16-23)26-27(30-24-11-7-9-18(2)20(24)4)29(33)31(28(26)32)25-12-8-10-19(3)21(25)5/h7-16,30H,6,17H2,1-5H3. The number of aryl methyl sites for hydroxylation is 2. The van der Waals surface area contributed by atoms with Crippen LogP contribution in [-0.4, -0.2) is 18.4 Å². The SMILES string of the molecule is CCCOc1ccc(C2=C(Nc3cccc(C)c3C)C(=O)N(c3cccc(C)c3C)C2=O)cc1. The van der Waals surface area contributed by atoms with Gasteiger partial charge in [-0.05, 0) is 86.2 Å². The predicted octanol–water partition coefficient (Wildman–Crippen LogP) is 6.11. The summed E-state index contributed by atoms with van der Waals surface area (Å²) in [6.07, 6.45) is 0.911. The van der Waals surface area contributed by atoms with Crippen molar-refractivity contribution in [2.75, 3.05) is 16.8 Å². The average Bonchev–Trinajstić information content (AvgIpc) is 3.07. The molecule has 5 heteroatoms. The number of amides is 2. The van der Waals surface area contributed by atoms with Crippen LogP contribution in [0.1, 0.15) is 41.2 Å². The number of benzene rings is 3. The van der Waals surface area contributed by atoms with Crippen LogP contribution in [0.15, 0.2) is 66.4 Å². The lowest BCUT2D eigenvalue weighted by Crippen LogP contribution is -2.33. The largest absolute Gasteiger partial charge is 0.494 e. The normalized spacial score (nSPS) is 13.6. The van der Waals surface area contributed by atoms with Gasteiger partial charge in [0.05, 0.1) is 17.9 Å². The first-order chi connectivity index (χ1) is 16.3. The van der Waals surface area contributed by atoms with Crippen molar-refractivity contribution in [3.05, 3.63) is 94.2 Å².